The van der Waals surface area contributed by atoms with Gasteiger partial charge in [0.25, 0.3) is 0 Å². The first-order valence-corrected chi connectivity index (χ1v) is 11.5. The highest BCUT2D eigenvalue weighted by Gasteiger charge is 2.20. The molecule has 3 unspecified atom stereocenters. The van der Waals surface area contributed by atoms with Crippen molar-refractivity contribution in [3.8, 4) is 5.75 Å². The number of unbranched alkanes of at least 4 members (excludes halogenated alkanes) is 1. The van der Waals surface area contributed by atoms with Gasteiger partial charge in [-0.3, -0.25) is 4.79 Å². The summed E-state index contributed by atoms with van der Waals surface area (Å²) in [5.74, 6) is 1.68. The predicted octanol–water partition coefficient (Wildman–Crippen LogP) is 7.47. The number of hydrogen-bond acceptors (Lipinski definition) is 2. The molecule has 0 spiro atoms. The molecule has 0 saturated carbocycles. The van der Waals surface area contributed by atoms with Crippen molar-refractivity contribution in [3.05, 3.63) is 23.8 Å². The second-order valence-corrected chi connectivity index (χ2v) is 8.86. The molecule has 0 bridgehead atoms. The van der Waals surface area contributed by atoms with E-state index >= 15 is 0 Å². The Balaban J connectivity index is 2.64. The Kier molecular flexibility index (Phi) is 11.9. The molecule has 0 aromatic heterocycles. The topological polar surface area (TPSA) is 49.3 Å². The molecule has 0 saturated heterocycles. The minimum Gasteiger partial charge on any atom is -0.506 e. The monoisotopic (exact) mass is 389 g/mol. The smallest absolute Gasteiger partial charge is 0.227 e. The SMILES string of the molecule is CCCC(C)CCCCC(CCC(C)CCC)C(=O)Nc1cc(C)ccc1O. The molecule has 0 aliphatic rings. The number of amides is 1. The standard InChI is InChI=1S/C25H43NO2/c1-6-10-19(3)12-8-9-13-22(16-14-20(4)11-7-2)25(28)26-23-18-21(5)15-17-24(23)27/h15,17-20,22,27H,6-14,16H2,1-5H3,(H,26,28). The molecule has 0 fully saturated rings. The van der Waals surface area contributed by atoms with E-state index in [-0.39, 0.29) is 17.6 Å². The molecule has 160 valence electrons. The van der Waals surface area contributed by atoms with Crippen LogP contribution in [0.2, 0.25) is 0 Å². The highest BCUT2D eigenvalue weighted by Crippen LogP contribution is 2.27. The number of rotatable bonds is 14. The van der Waals surface area contributed by atoms with Crippen molar-refractivity contribution in [2.24, 2.45) is 17.8 Å². The molecule has 1 amide bonds. The van der Waals surface area contributed by atoms with Crippen LogP contribution in [0.4, 0.5) is 5.69 Å². The van der Waals surface area contributed by atoms with Crippen molar-refractivity contribution >= 4 is 11.6 Å². The first kappa shape index (κ1) is 24.5. The lowest BCUT2D eigenvalue weighted by Gasteiger charge is -2.20. The number of benzene rings is 1. The van der Waals surface area contributed by atoms with Crippen LogP contribution in [0.15, 0.2) is 18.2 Å². The largest absolute Gasteiger partial charge is 0.506 e. The average Bonchev–Trinajstić information content (AvgIpc) is 2.64. The molecule has 0 aliphatic carbocycles. The van der Waals surface area contributed by atoms with E-state index in [9.17, 15) is 9.90 Å². The van der Waals surface area contributed by atoms with E-state index in [1.165, 1.54) is 38.5 Å². The van der Waals surface area contributed by atoms with Crippen LogP contribution in [0.1, 0.15) is 97.5 Å². The summed E-state index contributed by atoms with van der Waals surface area (Å²) in [6.07, 6.45) is 11.5. The summed E-state index contributed by atoms with van der Waals surface area (Å²) in [4.78, 5) is 13.0. The van der Waals surface area contributed by atoms with Gasteiger partial charge in [-0.25, -0.2) is 0 Å². The van der Waals surface area contributed by atoms with Crippen LogP contribution in [0.25, 0.3) is 0 Å². The molecule has 0 radical (unpaired) electrons. The normalized spacial score (nSPS) is 14.5. The van der Waals surface area contributed by atoms with E-state index in [1.54, 1.807) is 6.07 Å². The van der Waals surface area contributed by atoms with Crippen LogP contribution in [-0.2, 0) is 4.79 Å². The molecule has 1 aromatic carbocycles. The van der Waals surface area contributed by atoms with E-state index in [2.05, 4.69) is 33.0 Å². The lowest BCUT2D eigenvalue weighted by Crippen LogP contribution is -2.23. The zero-order chi connectivity index (χ0) is 20.9. The fourth-order valence-electron chi connectivity index (χ4n) is 4.03. The Labute approximate surface area is 173 Å². The lowest BCUT2D eigenvalue weighted by atomic mass is 9.89. The van der Waals surface area contributed by atoms with Gasteiger partial charge in [0.15, 0.2) is 0 Å². The third-order valence-electron chi connectivity index (χ3n) is 5.85. The summed E-state index contributed by atoms with van der Waals surface area (Å²) in [7, 11) is 0. The van der Waals surface area contributed by atoms with Gasteiger partial charge in [0.1, 0.15) is 5.75 Å². The van der Waals surface area contributed by atoms with Gasteiger partial charge >= 0.3 is 0 Å². The van der Waals surface area contributed by atoms with Gasteiger partial charge in [0.05, 0.1) is 5.69 Å². The van der Waals surface area contributed by atoms with Gasteiger partial charge in [-0.15, -0.1) is 0 Å². The van der Waals surface area contributed by atoms with Crippen molar-refractivity contribution in [1.29, 1.82) is 0 Å². The number of phenolic OH excluding ortho intramolecular Hbond substituents is 1. The maximum Gasteiger partial charge on any atom is 0.227 e. The average molecular weight is 390 g/mol. The van der Waals surface area contributed by atoms with Crippen LogP contribution in [-0.4, -0.2) is 11.0 Å². The highest BCUT2D eigenvalue weighted by molar-refractivity contribution is 5.94. The molecule has 28 heavy (non-hydrogen) atoms. The molecule has 3 heteroatoms. The fraction of sp³-hybridized carbons (Fsp3) is 0.720. The molecular formula is C25H43NO2. The van der Waals surface area contributed by atoms with Crippen LogP contribution in [0, 0.1) is 24.7 Å². The summed E-state index contributed by atoms with van der Waals surface area (Å²) in [5, 5.41) is 13.1. The second-order valence-electron chi connectivity index (χ2n) is 8.86. The number of carbonyl (C=O) groups is 1. The zero-order valence-electron chi connectivity index (χ0n) is 18.9. The van der Waals surface area contributed by atoms with Gasteiger partial charge in [-0.1, -0.05) is 78.7 Å². The fourth-order valence-corrected chi connectivity index (χ4v) is 4.03. The van der Waals surface area contributed by atoms with Gasteiger partial charge < -0.3 is 10.4 Å². The lowest BCUT2D eigenvalue weighted by molar-refractivity contribution is -0.120. The Morgan fingerprint density at radius 3 is 2.18 bits per heavy atom. The summed E-state index contributed by atoms with van der Waals surface area (Å²) >= 11 is 0. The Morgan fingerprint density at radius 1 is 0.929 bits per heavy atom. The van der Waals surface area contributed by atoms with Crippen LogP contribution < -0.4 is 5.32 Å². The van der Waals surface area contributed by atoms with Crippen molar-refractivity contribution in [2.75, 3.05) is 5.32 Å². The Hall–Kier alpha value is -1.51. The molecular weight excluding hydrogens is 346 g/mol. The quantitative estimate of drug-likeness (QED) is 0.256. The van der Waals surface area contributed by atoms with E-state index in [0.29, 0.717) is 11.6 Å². The van der Waals surface area contributed by atoms with E-state index < -0.39 is 0 Å². The Morgan fingerprint density at radius 2 is 1.54 bits per heavy atom. The number of aryl methyl sites for hydroxylation is 1. The van der Waals surface area contributed by atoms with Crippen LogP contribution in [0.5, 0.6) is 5.75 Å². The van der Waals surface area contributed by atoms with Gasteiger partial charge in [0.2, 0.25) is 5.91 Å². The minimum atomic E-state index is 0.0284. The molecule has 1 aromatic rings. The first-order valence-electron chi connectivity index (χ1n) is 11.5. The zero-order valence-corrected chi connectivity index (χ0v) is 18.9. The maximum absolute atomic E-state index is 13.0. The Bertz CT molecular complexity index is 570. The van der Waals surface area contributed by atoms with E-state index in [0.717, 1.165) is 37.2 Å². The highest BCUT2D eigenvalue weighted by atomic mass is 16.3. The van der Waals surface area contributed by atoms with Crippen molar-refractivity contribution in [3.63, 3.8) is 0 Å². The number of carbonyl (C=O) groups excluding carboxylic acids is 1. The number of anilines is 1. The first-order chi connectivity index (χ1) is 13.4. The summed E-state index contributed by atoms with van der Waals surface area (Å²) in [5.41, 5.74) is 1.57. The van der Waals surface area contributed by atoms with E-state index in [1.807, 2.05) is 19.1 Å². The summed E-state index contributed by atoms with van der Waals surface area (Å²) in [6.45, 7) is 11.1. The summed E-state index contributed by atoms with van der Waals surface area (Å²) < 4.78 is 0. The van der Waals surface area contributed by atoms with Crippen molar-refractivity contribution < 1.29 is 9.90 Å². The number of aromatic hydroxyl groups is 1. The molecule has 0 aliphatic heterocycles. The molecule has 3 atom stereocenters. The van der Waals surface area contributed by atoms with E-state index in [4.69, 9.17) is 0 Å². The van der Waals surface area contributed by atoms with Crippen molar-refractivity contribution in [1.82, 2.24) is 0 Å². The minimum absolute atomic E-state index is 0.0284. The van der Waals surface area contributed by atoms with Crippen LogP contribution >= 0.6 is 0 Å². The molecule has 1 rings (SSSR count). The summed E-state index contributed by atoms with van der Waals surface area (Å²) in [6, 6.07) is 5.35. The maximum atomic E-state index is 13.0. The molecule has 3 nitrogen and oxygen atoms in total. The van der Waals surface area contributed by atoms with Gasteiger partial charge in [0, 0.05) is 5.92 Å². The molecule has 2 N–H and O–H groups in total. The number of nitrogens with one attached hydrogen (secondary N) is 1. The number of phenols is 1. The van der Waals surface area contributed by atoms with Crippen LogP contribution in [0.3, 0.4) is 0 Å². The third kappa shape index (κ3) is 9.61. The second kappa shape index (κ2) is 13.6. The third-order valence-corrected chi connectivity index (χ3v) is 5.85. The predicted molar refractivity (Wildman–Crippen MR) is 121 cm³/mol. The van der Waals surface area contributed by atoms with Gasteiger partial charge in [-0.2, -0.15) is 0 Å². The van der Waals surface area contributed by atoms with Crippen molar-refractivity contribution in [2.45, 2.75) is 98.8 Å². The molecule has 0 heterocycles. The number of hydrogen-bond donors (Lipinski definition) is 2. The van der Waals surface area contributed by atoms with Gasteiger partial charge in [-0.05, 0) is 55.7 Å².